The summed E-state index contributed by atoms with van der Waals surface area (Å²) in [5, 5.41) is 0. The molecule has 0 aliphatic carbocycles. The molecule has 0 saturated carbocycles. The maximum Gasteiger partial charge on any atom is 0.0498 e. The summed E-state index contributed by atoms with van der Waals surface area (Å²) in [7, 11) is 2.28. The van der Waals surface area contributed by atoms with E-state index in [1.54, 1.807) is 0 Å². The van der Waals surface area contributed by atoms with Gasteiger partial charge in [-0.2, -0.15) is 0 Å². The third-order valence-corrected chi connectivity index (χ3v) is 5.12. The standard InChI is InChI=1S/C13H27N3/c1-4-11(2)15(3)13(10-14)7-9-16-8-5-6-12(13)16/h11-12H,4-10,14H2,1-3H3. The predicted molar refractivity (Wildman–Crippen MR) is 68.5 cm³/mol. The number of hydrogen-bond donors (Lipinski definition) is 1. The van der Waals surface area contributed by atoms with Crippen molar-refractivity contribution in [2.45, 2.75) is 57.2 Å². The van der Waals surface area contributed by atoms with E-state index >= 15 is 0 Å². The SMILES string of the molecule is CCC(C)N(C)C1(CN)CCN2CCCC21. The summed E-state index contributed by atoms with van der Waals surface area (Å²) >= 11 is 0. The monoisotopic (exact) mass is 225 g/mol. The van der Waals surface area contributed by atoms with Gasteiger partial charge >= 0.3 is 0 Å². The molecule has 3 heteroatoms. The second-order valence-electron chi connectivity index (χ2n) is 5.62. The van der Waals surface area contributed by atoms with Crippen LogP contribution in [-0.4, -0.2) is 54.1 Å². The van der Waals surface area contributed by atoms with Gasteiger partial charge in [-0.3, -0.25) is 9.80 Å². The number of nitrogens with two attached hydrogens (primary N) is 1. The Morgan fingerprint density at radius 2 is 2.25 bits per heavy atom. The number of rotatable bonds is 4. The molecule has 0 bridgehead atoms. The summed E-state index contributed by atoms with van der Waals surface area (Å²) < 4.78 is 0. The van der Waals surface area contributed by atoms with Crippen LogP contribution in [0.1, 0.15) is 39.5 Å². The fourth-order valence-electron chi connectivity index (χ4n) is 3.71. The second kappa shape index (κ2) is 4.63. The van der Waals surface area contributed by atoms with Crippen LogP contribution in [0.3, 0.4) is 0 Å². The second-order valence-corrected chi connectivity index (χ2v) is 5.62. The lowest BCUT2D eigenvalue weighted by Crippen LogP contribution is -2.60. The van der Waals surface area contributed by atoms with Crippen LogP contribution >= 0.6 is 0 Å². The molecule has 16 heavy (non-hydrogen) atoms. The number of likely N-dealkylation sites (N-methyl/N-ethyl adjacent to an activating group) is 1. The van der Waals surface area contributed by atoms with Crippen molar-refractivity contribution in [3.05, 3.63) is 0 Å². The van der Waals surface area contributed by atoms with E-state index in [4.69, 9.17) is 5.73 Å². The largest absolute Gasteiger partial charge is 0.329 e. The predicted octanol–water partition coefficient (Wildman–Crippen LogP) is 1.28. The van der Waals surface area contributed by atoms with Crippen LogP contribution in [0.25, 0.3) is 0 Å². The number of fused-ring (bicyclic) bond motifs is 1. The molecule has 3 atom stereocenters. The fourth-order valence-corrected chi connectivity index (χ4v) is 3.71. The Labute approximate surface area is 100.0 Å². The van der Waals surface area contributed by atoms with Gasteiger partial charge in [0, 0.05) is 30.7 Å². The van der Waals surface area contributed by atoms with Crippen LogP contribution in [-0.2, 0) is 0 Å². The molecule has 0 amide bonds. The van der Waals surface area contributed by atoms with Crippen molar-refractivity contribution in [2.24, 2.45) is 5.73 Å². The van der Waals surface area contributed by atoms with Crippen molar-refractivity contribution in [3.63, 3.8) is 0 Å². The van der Waals surface area contributed by atoms with Crippen LogP contribution in [0.5, 0.6) is 0 Å². The molecule has 2 aliphatic rings. The molecule has 0 radical (unpaired) electrons. The van der Waals surface area contributed by atoms with Crippen molar-refractivity contribution >= 4 is 0 Å². The molecule has 2 saturated heterocycles. The first-order chi connectivity index (χ1) is 7.65. The zero-order valence-electron chi connectivity index (χ0n) is 11.1. The zero-order valence-corrected chi connectivity index (χ0v) is 11.1. The third kappa shape index (κ3) is 1.69. The normalized spacial score (nSPS) is 36.9. The zero-order chi connectivity index (χ0) is 11.8. The van der Waals surface area contributed by atoms with E-state index in [0.29, 0.717) is 6.04 Å². The third-order valence-electron chi connectivity index (χ3n) is 5.12. The van der Waals surface area contributed by atoms with Gasteiger partial charge in [0.1, 0.15) is 0 Å². The first-order valence-corrected chi connectivity index (χ1v) is 6.82. The minimum absolute atomic E-state index is 0.256. The number of hydrogen-bond acceptors (Lipinski definition) is 3. The molecule has 2 fully saturated rings. The Morgan fingerprint density at radius 3 is 2.88 bits per heavy atom. The summed E-state index contributed by atoms with van der Waals surface area (Å²) in [4.78, 5) is 5.23. The van der Waals surface area contributed by atoms with E-state index in [2.05, 4.69) is 30.7 Å². The molecule has 3 unspecified atom stereocenters. The van der Waals surface area contributed by atoms with Crippen LogP contribution in [0, 0.1) is 0 Å². The van der Waals surface area contributed by atoms with E-state index in [1.807, 2.05) is 0 Å². The Kier molecular flexibility index (Phi) is 3.57. The van der Waals surface area contributed by atoms with Gasteiger partial charge in [0.25, 0.3) is 0 Å². The quantitative estimate of drug-likeness (QED) is 0.782. The first kappa shape index (κ1) is 12.3. The molecule has 2 heterocycles. The topological polar surface area (TPSA) is 32.5 Å². The molecule has 2 aliphatic heterocycles. The lowest BCUT2D eigenvalue weighted by atomic mass is 9.85. The van der Waals surface area contributed by atoms with Crippen molar-refractivity contribution in [2.75, 3.05) is 26.7 Å². The Bertz CT molecular complexity index is 243. The molecule has 0 aromatic carbocycles. The average Bonchev–Trinajstić information content (AvgIpc) is 2.88. The van der Waals surface area contributed by atoms with E-state index in [9.17, 15) is 0 Å². The molecule has 3 nitrogen and oxygen atoms in total. The Hall–Kier alpha value is -0.120. The molecule has 2 rings (SSSR count). The van der Waals surface area contributed by atoms with Gasteiger partial charge in [-0.15, -0.1) is 0 Å². The fraction of sp³-hybridized carbons (Fsp3) is 1.00. The molecule has 0 aromatic rings. The van der Waals surface area contributed by atoms with Gasteiger partial charge in [0.2, 0.25) is 0 Å². The van der Waals surface area contributed by atoms with Gasteiger partial charge in [0.15, 0.2) is 0 Å². The first-order valence-electron chi connectivity index (χ1n) is 6.82. The van der Waals surface area contributed by atoms with Crippen molar-refractivity contribution in [1.29, 1.82) is 0 Å². The van der Waals surface area contributed by atoms with Crippen LogP contribution in [0.4, 0.5) is 0 Å². The smallest absolute Gasteiger partial charge is 0.0498 e. The van der Waals surface area contributed by atoms with Gasteiger partial charge in [-0.1, -0.05) is 6.92 Å². The van der Waals surface area contributed by atoms with Gasteiger partial charge in [-0.25, -0.2) is 0 Å². The summed E-state index contributed by atoms with van der Waals surface area (Å²) in [6.45, 7) is 7.96. The molecular formula is C13H27N3. The summed E-state index contributed by atoms with van der Waals surface area (Å²) in [6.07, 6.45) is 5.18. The highest BCUT2D eigenvalue weighted by Gasteiger charge is 2.51. The highest BCUT2D eigenvalue weighted by Crippen LogP contribution is 2.40. The van der Waals surface area contributed by atoms with Crippen molar-refractivity contribution in [3.8, 4) is 0 Å². The van der Waals surface area contributed by atoms with E-state index in [-0.39, 0.29) is 5.54 Å². The van der Waals surface area contributed by atoms with Gasteiger partial charge < -0.3 is 5.73 Å². The van der Waals surface area contributed by atoms with Gasteiger partial charge in [-0.05, 0) is 46.2 Å². The van der Waals surface area contributed by atoms with Crippen molar-refractivity contribution < 1.29 is 0 Å². The van der Waals surface area contributed by atoms with E-state index in [0.717, 1.165) is 12.6 Å². The lowest BCUT2D eigenvalue weighted by Gasteiger charge is -2.45. The molecule has 0 aromatic heterocycles. The minimum atomic E-state index is 0.256. The summed E-state index contributed by atoms with van der Waals surface area (Å²) in [5.41, 5.74) is 6.41. The Balaban J connectivity index is 2.18. The maximum atomic E-state index is 6.15. The highest BCUT2D eigenvalue weighted by molar-refractivity contribution is 5.09. The van der Waals surface area contributed by atoms with Crippen LogP contribution < -0.4 is 5.73 Å². The average molecular weight is 225 g/mol. The lowest BCUT2D eigenvalue weighted by molar-refractivity contribution is 0.0561. The van der Waals surface area contributed by atoms with Crippen molar-refractivity contribution in [1.82, 2.24) is 9.80 Å². The molecular weight excluding hydrogens is 198 g/mol. The summed E-state index contributed by atoms with van der Waals surface area (Å²) in [6, 6.07) is 1.36. The molecule has 94 valence electrons. The summed E-state index contributed by atoms with van der Waals surface area (Å²) in [5.74, 6) is 0. The maximum absolute atomic E-state index is 6.15. The Morgan fingerprint density at radius 1 is 1.50 bits per heavy atom. The highest BCUT2D eigenvalue weighted by atomic mass is 15.3. The molecule has 2 N–H and O–H groups in total. The van der Waals surface area contributed by atoms with Gasteiger partial charge in [0.05, 0.1) is 0 Å². The van der Waals surface area contributed by atoms with E-state index in [1.165, 1.54) is 38.8 Å². The number of nitrogens with zero attached hydrogens (tertiary/aromatic N) is 2. The van der Waals surface area contributed by atoms with Crippen LogP contribution in [0.2, 0.25) is 0 Å². The van der Waals surface area contributed by atoms with Crippen LogP contribution in [0.15, 0.2) is 0 Å². The molecule has 0 spiro atoms. The van der Waals surface area contributed by atoms with E-state index < -0.39 is 0 Å². The minimum Gasteiger partial charge on any atom is -0.329 e.